The Bertz CT molecular complexity index is 930. The third kappa shape index (κ3) is 4.20. The molecule has 28 heavy (non-hydrogen) atoms. The van der Waals surface area contributed by atoms with Crippen molar-refractivity contribution >= 4 is 23.2 Å². The Morgan fingerprint density at radius 2 is 1.75 bits per heavy atom. The molecule has 7 heteroatoms. The van der Waals surface area contributed by atoms with Crippen molar-refractivity contribution < 1.29 is 14.3 Å². The first-order valence-corrected chi connectivity index (χ1v) is 8.84. The molecule has 0 aliphatic carbocycles. The van der Waals surface area contributed by atoms with Crippen LogP contribution in [0, 0.1) is 0 Å². The smallest absolute Gasteiger partial charge is 0.258 e. The van der Waals surface area contributed by atoms with Crippen molar-refractivity contribution in [2.24, 2.45) is 0 Å². The van der Waals surface area contributed by atoms with Gasteiger partial charge in [-0.25, -0.2) is 9.97 Å². The van der Waals surface area contributed by atoms with Crippen LogP contribution in [0.15, 0.2) is 60.9 Å². The zero-order chi connectivity index (χ0) is 19.9. The van der Waals surface area contributed by atoms with Crippen LogP contribution in [-0.4, -0.2) is 36.6 Å². The number of hydrogen-bond acceptors (Lipinski definition) is 6. The van der Waals surface area contributed by atoms with Crippen LogP contribution in [0.5, 0.6) is 11.5 Å². The van der Waals surface area contributed by atoms with Gasteiger partial charge in [0.1, 0.15) is 11.5 Å². The molecule has 3 rings (SSSR count). The summed E-state index contributed by atoms with van der Waals surface area (Å²) in [5.74, 6) is 1.35. The number of nitrogens with zero attached hydrogens (tertiary/aromatic N) is 3. The minimum absolute atomic E-state index is 0.333. The number of anilines is 3. The normalized spacial score (nSPS) is 10.2. The lowest BCUT2D eigenvalue weighted by Gasteiger charge is -2.20. The molecule has 7 nitrogen and oxygen atoms in total. The molecule has 0 aliphatic rings. The number of nitrogens with one attached hydrogen (secondary N) is 1. The molecule has 0 radical (unpaired) electrons. The van der Waals surface area contributed by atoms with E-state index in [9.17, 15) is 4.79 Å². The zero-order valence-corrected chi connectivity index (χ0v) is 16.0. The topological polar surface area (TPSA) is 76.6 Å². The van der Waals surface area contributed by atoms with Gasteiger partial charge in [0.2, 0.25) is 5.95 Å². The highest BCUT2D eigenvalue weighted by molar-refractivity contribution is 6.04. The van der Waals surface area contributed by atoms with Crippen LogP contribution in [0.25, 0.3) is 0 Å². The lowest BCUT2D eigenvalue weighted by molar-refractivity contribution is 0.102. The van der Waals surface area contributed by atoms with E-state index in [1.54, 1.807) is 25.3 Å². The molecule has 1 heterocycles. The van der Waals surface area contributed by atoms with Gasteiger partial charge in [-0.1, -0.05) is 18.2 Å². The van der Waals surface area contributed by atoms with Crippen LogP contribution in [0.3, 0.4) is 0 Å². The first-order valence-electron chi connectivity index (χ1n) is 8.84. The second-order valence-corrected chi connectivity index (χ2v) is 5.87. The Hall–Kier alpha value is -3.61. The number of carbonyl (C=O) groups excluding carboxylic acids is 1. The molecule has 3 aromatic rings. The summed E-state index contributed by atoms with van der Waals surface area (Å²) >= 11 is 0. The molecule has 0 fully saturated rings. The highest BCUT2D eigenvalue weighted by Gasteiger charge is 2.14. The first kappa shape index (κ1) is 19.2. The van der Waals surface area contributed by atoms with E-state index in [4.69, 9.17) is 9.47 Å². The van der Waals surface area contributed by atoms with Gasteiger partial charge in [0.25, 0.3) is 5.91 Å². The predicted molar refractivity (Wildman–Crippen MR) is 109 cm³/mol. The maximum absolute atomic E-state index is 12.6. The van der Waals surface area contributed by atoms with Crippen molar-refractivity contribution in [2.45, 2.75) is 6.92 Å². The maximum Gasteiger partial charge on any atom is 0.258 e. The number of carbonyl (C=O) groups is 1. The second kappa shape index (κ2) is 8.85. The number of hydrogen-bond donors (Lipinski definition) is 1. The summed E-state index contributed by atoms with van der Waals surface area (Å²) in [4.78, 5) is 23.3. The number of methoxy groups -OCH3 is 2. The number of amides is 1. The third-order valence-electron chi connectivity index (χ3n) is 4.18. The highest BCUT2D eigenvalue weighted by Crippen LogP contribution is 2.29. The Labute approximate surface area is 164 Å². The van der Waals surface area contributed by atoms with E-state index in [0.717, 1.165) is 5.69 Å². The molecule has 0 bridgehead atoms. The first-order chi connectivity index (χ1) is 13.7. The van der Waals surface area contributed by atoms with Gasteiger partial charge in [-0.15, -0.1) is 0 Å². The molecule has 2 aromatic carbocycles. The number of aromatic nitrogens is 2. The fraction of sp³-hybridized carbons (Fsp3) is 0.190. The van der Waals surface area contributed by atoms with Crippen molar-refractivity contribution in [3.63, 3.8) is 0 Å². The molecule has 0 atom stereocenters. The van der Waals surface area contributed by atoms with Gasteiger partial charge in [-0.05, 0) is 31.2 Å². The van der Waals surface area contributed by atoms with Crippen molar-refractivity contribution in [3.05, 3.63) is 66.5 Å². The summed E-state index contributed by atoms with van der Waals surface area (Å²) in [7, 11) is 3.10. The second-order valence-electron chi connectivity index (χ2n) is 5.87. The van der Waals surface area contributed by atoms with Gasteiger partial charge in [-0.2, -0.15) is 0 Å². The molecular weight excluding hydrogens is 356 g/mol. The number of rotatable bonds is 7. The summed E-state index contributed by atoms with van der Waals surface area (Å²) < 4.78 is 10.5. The van der Waals surface area contributed by atoms with Crippen molar-refractivity contribution in [2.75, 3.05) is 31.0 Å². The molecule has 0 aliphatic heterocycles. The highest BCUT2D eigenvalue weighted by atomic mass is 16.5. The lowest BCUT2D eigenvalue weighted by atomic mass is 10.2. The standard InChI is InChI=1S/C21H22N4O3/c1-4-25(16-8-6-5-7-9-16)21-22-13-15(14-23-21)20(26)24-18-12-17(27-2)10-11-19(18)28-3/h5-14H,4H2,1-3H3,(H,24,26). The molecule has 1 N–H and O–H groups in total. The van der Waals surface area contributed by atoms with E-state index in [1.165, 1.54) is 19.5 Å². The summed E-state index contributed by atoms with van der Waals surface area (Å²) in [6, 6.07) is 15.0. The fourth-order valence-corrected chi connectivity index (χ4v) is 2.73. The van der Waals surface area contributed by atoms with E-state index < -0.39 is 0 Å². The monoisotopic (exact) mass is 378 g/mol. The molecule has 0 saturated heterocycles. The number of para-hydroxylation sites is 1. The van der Waals surface area contributed by atoms with Crippen LogP contribution >= 0.6 is 0 Å². The Kier molecular flexibility index (Phi) is 6.06. The van der Waals surface area contributed by atoms with Gasteiger partial charge in [0.05, 0.1) is 25.5 Å². The zero-order valence-electron chi connectivity index (χ0n) is 16.0. The van der Waals surface area contributed by atoms with E-state index in [0.29, 0.717) is 35.2 Å². The van der Waals surface area contributed by atoms with E-state index in [1.807, 2.05) is 42.2 Å². The summed E-state index contributed by atoms with van der Waals surface area (Å²) in [6.45, 7) is 2.72. The Morgan fingerprint density at radius 3 is 2.36 bits per heavy atom. The van der Waals surface area contributed by atoms with Crippen LogP contribution in [0.2, 0.25) is 0 Å². The fourth-order valence-electron chi connectivity index (χ4n) is 2.73. The number of ether oxygens (including phenoxy) is 2. The average Bonchev–Trinajstić information content (AvgIpc) is 2.75. The lowest BCUT2D eigenvalue weighted by Crippen LogP contribution is -2.20. The molecule has 0 unspecified atom stereocenters. The third-order valence-corrected chi connectivity index (χ3v) is 4.18. The molecule has 144 valence electrons. The van der Waals surface area contributed by atoms with Gasteiger partial charge >= 0.3 is 0 Å². The van der Waals surface area contributed by atoms with Gasteiger partial charge in [0, 0.05) is 30.7 Å². The molecule has 0 saturated carbocycles. The summed E-state index contributed by atoms with van der Waals surface area (Å²) in [6.07, 6.45) is 3.02. The van der Waals surface area contributed by atoms with Crippen LogP contribution < -0.4 is 19.7 Å². The largest absolute Gasteiger partial charge is 0.497 e. The van der Waals surface area contributed by atoms with E-state index in [2.05, 4.69) is 15.3 Å². The molecular formula is C21H22N4O3. The minimum atomic E-state index is -0.333. The van der Waals surface area contributed by atoms with Crippen molar-refractivity contribution in [1.29, 1.82) is 0 Å². The van der Waals surface area contributed by atoms with E-state index >= 15 is 0 Å². The predicted octanol–water partition coefficient (Wildman–Crippen LogP) is 3.90. The average molecular weight is 378 g/mol. The Balaban J connectivity index is 1.79. The maximum atomic E-state index is 12.6. The summed E-state index contributed by atoms with van der Waals surface area (Å²) in [5.41, 5.74) is 1.84. The van der Waals surface area contributed by atoms with Gasteiger partial charge < -0.3 is 19.7 Å². The SMILES string of the molecule is CCN(c1ccccc1)c1ncc(C(=O)Nc2cc(OC)ccc2OC)cn1. The quantitative estimate of drug-likeness (QED) is 0.672. The van der Waals surface area contributed by atoms with E-state index in [-0.39, 0.29) is 5.91 Å². The Morgan fingerprint density at radius 1 is 1.04 bits per heavy atom. The van der Waals surface area contributed by atoms with Crippen LogP contribution in [0.1, 0.15) is 17.3 Å². The van der Waals surface area contributed by atoms with Crippen LogP contribution in [-0.2, 0) is 0 Å². The molecule has 1 amide bonds. The molecule has 1 aromatic heterocycles. The summed E-state index contributed by atoms with van der Waals surface area (Å²) in [5, 5.41) is 2.81. The van der Waals surface area contributed by atoms with Crippen molar-refractivity contribution in [3.8, 4) is 11.5 Å². The minimum Gasteiger partial charge on any atom is -0.497 e. The van der Waals surface area contributed by atoms with Crippen molar-refractivity contribution in [1.82, 2.24) is 9.97 Å². The van der Waals surface area contributed by atoms with Gasteiger partial charge in [0.15, 0.2) is 0 Å². The number of benzene rings is 2. The van der Waals surface area contributed by atoms with Gasteiger partial charge in [-0.3, -0.25) is 4.79 Å². The van der Waals surface area contributed by atoms with Crippen LogP contribution in [0.4, 0.5) is 17.3 Å². The molecule has 0 spiro atoms.